The molecule has 3 rings (SSSR count). The summed E-state index contributed by atoms with van der Waals surface area (Å²) in [6.45, 7) is 10.1. The molecule has 0 saturated carbocycles. The number of piperidine rings is 1. The van der Waals surface area contributed by atoms with Gasteiger partial charge in [0.15, 0.2) is 5.16 Å². The van der Waals surface area contributed by atoms with Gasteiger partial charge in [-0.3, -0.25) is 4.79 Å². The molecule has 1 aliphatic heterocycles. The largest absolute Gasteiger partial charge is 0.356 e. The van der Waals surface area contributed by atoms with E-state index >= 15 is 0 Å². The molecule has 5 nitrogen and oxygen atoms in total. The topological polar surface area (TPSA) is 49.3 Å². The fraction of sp³-hybridized carbons (Fsp3) is 0.542. The van der Waals surface area contributed by atoms with Gasteiger partial charge in [0.25, 0.3) is 0 Å². The lowest BCUT2D eigenvalue weighted by Gasteiger charge is -2.33. The third-order valence-corrected chi connectivity index (χ3v) is 6.72. The summed E-state index contributed by atoms with van der Waals surface area (Å²) in [5.41, 5.74) is 1.41. The van der Waals surface area contributed by atoms with Gasteiger partial charge in [-0.05, 0) is 58.4 Å². The summed E-state index contributed by atoms with van der Waals surface area (Å²) in [4.78, 5) is 25.9. The number of rotatable bonds is 8. The Morgan fingerprint density at radius 2 is 1.77 bits per heavy atom. The van der Waals surface area contributed by atoms with E-state index in [-0.39, 0.29) is 18.0 Å². The van der Waals surface area contributed by atoms with Gasteiger partial charge in [0.1, 0.15) is 11.0 Å². The maximum Gasteiger partial charge on any atom is 0.233 e. The molecule has 0 spiro atoms. The predicted octanol–water partition coefficient (Wildman–Crippen LogP) is 5.33. The monoisotopic (exact) mass is 460 g/mol. The van der Waals surface area contributed by atoms with Gasteiger partial charge in [-0.1, -0.05) is 53.7 Å². The SMILES string of the molecule is CC(C)N(C(=O)CSc1nc(Cl)cc(N2CCC(Cc3ccccc3)CC2)n1)C(C)C. The Balaban J connectivity index is 1.58. The lowest BCUT2D eigenvalue weighted by atomic mass is 9.90. The molecule has 1 aliphatic rings. The number of nitrogens with zero attached hydrogens (tertiary/aromatic N) is 4. The lowest BCUT2D eigenvalue weighted by molar-refractivity contribution is -0.131. The van der Waals surface area contributed by atoms with Crippen LogP contribution in [0, 0.1) is 5.92 Å². The molecule has 0 aliphatic carbocycles. The minimum absolute atomic E-state index is 0.0989. The number of hydrogen-bond donors (Lipinski definition) is 0. The zero-order chi connectivity index (χ0) is 22.4. The molecule has 2 aromatic rings. The number of carbonyl (C=O) groups is 1. The van der Waals surface area contributed by atoms with E-state index in [1.54, 1.807) is 0 Å². The number of aromatic nitrogens is 2. The summed E-state index contributed by atoms with van der Waals surface area (Å²) in [5, 5.41) is 0.991. The summed E-state index contributed by atoms with van der Waals surface area (Å²) in [7, 11) is 0. The minimum atomic E-state index is 0.0989. The van der Waals surface area contributed by atoms with E-state index in [0.29, 0.717) is 22.0 Å². The number of amides is 1. The van der Waals surface area contributed by atoms with E-state index in [1.165, 1.54) is 17.3 Å². The van der Waals surface area contributed by atoms with Crippen molar-refractivity contribution in [3.05, 3.63) is 47.1 Å². The van der Waals surface area contributed by atoms with Crippen LogP contribution in [-0.4, -0.2) is 51.7 Å². The number of hydrogen-bond acceptors (Lipinski definition) is 5. The zero-order valence-electron chi connectivity index (χ0n) is 18.9. The third kappa shape index (κ3) is 6.84. The Bertz CT molecular complexity index is 846. The average molecular weight is 461 g/mol. The Morgan fingerprint density at radius 1 is 1.13 bits per heavy atom. The first-order chi connectivity index (χ1) is 14.8. The Hall–Kier alpha value is -1.79. The second kappa shape index (κ2) is 11.2. The molecule has 0 bridgehead atoms. The van der Waals surface area contributed by atoms with Crippen LogP contribution in [0.1, 0.15) is 46.1 Å². The van der Waals surface area contributed by atoms with Crippen LogP contribution in [0.2, 0.25) is 5.15 Å². The van der Waals surface area contributed by atoms with Gasteiger partial charge in [-0.2, -0.15) is 0 Å². The highest BCUT2D eigenvalue weighted by Gasteiger charge is 2.23. The minimum Gasteiger partial charge on any atom is -0.356 e. The second-order valence-electron chi connectivity index (χ2n) is 8.73. The number of benzene rings is 1. The molecule has 1 saturated heterocycles. The highest BCUT2D eigenvalue weighted by molar-refractivity contribution is 7.99. The summed E-state index contributed by atoms with van der Waals surface area (Å²) in [5.74, 6) is 1.97. The maximum atomic E-state index is 12.7. The van der Waals surface area contributed by atoms with Crippen LogP contribution < -0.4 is 4.90 Å². The van der Waals surface area contributed by atoms with E-state index in [9.17, 15) is 4.79 Å². The molecule has 0 N–H and O–H groups in total. The van der Waals surface area contributed by atoms with Gasteiger partial charge in [-0.15, -0.1) is 0 Å². The lowest BCUT2D eigenvalue weighted by Crippen LogP contribution is -2.43. The summed E-state index contributed by atoms with van der Waals surface area (Å²) >= 11 is 7.66. The van der Waals surface area contributed by atoms with Crippen molar-refractivity contribution in [2.75, 3.05) is 23.7 Å². The van der Waals surface area contributed by atoms with E-state index in [4.69, 9.17) is 16.6 Å². The first kappa shape index (κ1) is 23.9. The Labute approximate surface area is 195 Å². The zero-order valence-corrected chi connectivity index (χ0v) is 20.5. The fourth-order valence-corrected chi connectivity index (χ4v) is 5.25. The average Bonchev–Trinajstić information content (AvgIpc) is 2.73. The molecule has 1 aromatic carbocycles. The van der Waals surface area contributed by atoms with E-state index in [2.05, 4.69) is 40.2 Å². The molecule has 7 heteroatoms. The van der Waals surface area contributed by atoms with Gasteiger partial charge in [0, 0.05) is 31.2 Å². The van der Waals surface area contributed by atoms with Crippen LogP contribution in [0.4, 0.5) is 5.82 Å². The molecule has 168 valence electrons. The van der Waals surface area contributed by atoms with Gasteiger partial charge < -0.3 is 9.80 Å². The number of thioether (sulfide) groups is 1. The maximum absolute atomic E-state index is 12.7. The molecule has 2 heterocycles. The fourth-order valence-electron chi connectivity index (χ4n) is 4.30. The molecule has 0 unspecified atom stereocenters. The number of halogens is 1. The van der Waals surface area contributed by atoms with Crippen molar-refractivity contribution >= 4 is 35.1 Å². The molecule has 0 atom stereocenters. The van der Waals surface area contributed by atoms with Crippen molar-refractivity contribution < 1.29 is 4.79 Å². The van der Waals surface area contributed by atoms with Crippen LogP contribution >= 0.6 is 23.4 Å². The van der Waals surface area contributed by atoms with Crippen molar-refractivity contribution in [2.24, 2.45) is 5.92 Å². The van der Waals surface area contributed by atoms with Crippen LogP contribution in [-0.2, 0) is 11.2 Å². The molecular formula is C24H33ClN4OS. The predicted molar refractivity (Wildman–Crippen MR) is 130 cm³/mol. The molecule has 1 aromatic heterocycles. The standard InChI is InChI=1S/C24H33ClN4OS/c1-17(2)29(18(3)4)23(30)16-31-24-26-21(25)15-22(27-24)28-12-10-20(11-13-28)14-19-8-6-5-7-9-19/h5-9,15,17-18,20H,10-14,16H2,1-4H3. The normalized spacial score (nSPS) is 15.0. The van der Waals surface area contributed by atoms with E-state index in [0.717, 1.165) is 38.2 Å². The Kier molecular flexibility index (Phi) is 8.61. The van der Waals surface area contributed by atoms with E-state index in [1.807, 2.05) is 38.7 Å². The van der Waals surface area contributed by atoms with Crippen LogP contribution in [0.3, 0.4) is 0 Å². The molecule has 1 fully saturated rings. The van der Waals surface area contributed by atoms with Crippen molar-refractivity contribution in [3.63, 3.8) is 0 Å². The van der Waals surface area contributed by atoms with Crippen molar-refractivity contribution in [2.45, 2.75) is 64.2 Å². The second-order valence-corrected chi connectivity index (χ2v) is 10.1. The smallest absolute Gasteiger partial charge is 0.233 e. The van der Waals surface area contributed by atoms with Crippen molar-refractivity contribution in [3.8, 4) is 0 Å². The van der Waals surface area contributed by atoms with Crippen molar-refractivity contribution in [1.82, 2.24) is 14.9 Å². The third-order valence-electron chi connectivity index (χ3n) is 5.69. The van der Waals surface area contributed by atoms with Gasteiger partial charge in [0.2, 0.25) is 5.91 Å². The Morgan fingerprint density at radius 3 is 2.39 bits per heavy atom. The van der Waals surface area contributed by atoms with E-state index < -0.39 is 0 Å². The molecule has 1 amide bonds. The number of carbonyl (C=O) groups excluding carboxylic acids is 1. The van der Waals surface area contributed by atoms with Gasteiger partial charge >= 0.3 is 0 Å². The number of anilines is 1. The summed E-state index contributed by atoms with van der Waals surface area (Å²) in [6.07, 6.45) is 3.40. The first-order valence-electron chi connectivity index (χ1n) is 11.1. The van der Waals surface area contributed by atoms with Crippen molar-refractivity contribution in [1.29, 1.82) is 0 Å². The molecular weight excluding hydrogens is 428 g/mol. The van der Waals surface area contributed by atoms with Gasteiger partial charge in [-0.25, -0.2) is 9.97 Å². The highest BCUT2D eigenvalue weighted by atomic mass is 35.5. The van der Waals surface area contributed by atoms with Gasteiger partial charge in [0.05, 0.1) is 5.75 Å². The first-order valence-corrected chi connectivity index (χ1v) is 12.5. The van der Waals surface area contributed by atoms with Crippen LogP contribution in [0.5, 0.6) is 0 Å². The van der Waals surface area contributed by atoms with Crippen LogP contribution in [0.15, 0.2) is 41.6 Å². The molecule has 31 heavy (non-hydrogen) atoms. The molecule has 0 radical (unpaired) electrons. The highest BCUT2D eigenvalue weighted by Crippen LogP contribution is 2.28. The summed E-state index contributed by atoms with van der Waals surface area (Å²) < 4.78 is 0. The quantitative estimate of drug-likeness (QED) is 0.303. The summed E-state index contributed by atoms with van der Waals surface area (Å²) in [6, 6.07) is 12.9. The van der Waals surface area contributed by atoms with Crippen LogP contribution in [0.25, 0.3) is 0 Å².